The van der Waals surface area contributed by atoms with Gasteiger partial charge in [0.1, 0.15) is 0 Å². The van der Waals surface area contributed by atoms with E-state index in [1.807, 2.05) is 0 Å². The summed E-state index contributed by atoms with van der Waals surface area (Å²) in [6.45, 7) is 13.6. The Kier molecular flexibility index (Phi) is 7.38. The first-order valence-corrected chi connectivity index (χ1v) is 8.36. The number of nitrogens with zero attached hydrogens (tertiary/aromatic N) is 1. The van der Waals surface area contributed by atoms with Crippen molar-refractivity contribution in [3.8, 4) is 0 Å². The summed E-state index contributed by atoms with van der Waals surface area (Å²) < 4.78 is 0. The molecule has 0 amide bonds. The van der Waals surface area contributed by atoms with Gasteiger partial charge < -0.3 is 10.0 Å². The highest BCUT2D eigenvalue weighted by atomic mass is 16.3. The smallest absolute Gasteiger partial charge is 0.0580 e. The molecule has 0 bridgehead atoms. The molecule has 114 valence electrons. The SMILES string of the molecule is CCCC1CCC(O)C(CN(CC(C)C)C(C)C)C1. The first-order chi connectivity index (χ1) is 8.93. The Morgan fingerprint density at radius 3 is 2.37 bits per heavy atom. The molecule has 19 heavy (non-hydrogen) atoms. The Bertz CT molecular complexity index is 239. The van der Waals surface area contributed by atoms with E-state index >= 15 is 0 Å². The highest BCUT2D eigenvalue weighted by Gasteiger charge is 2.30. The van der Waals surface area contributed by atoms with E-state index in [0.29, 0.717) is 17.9 Å². The van der Waals surface area contributed by atoms with E-state index in [2.05, 4.69) is 39.5 Å². The molecule has 0 saturated heterocycles. The molecule has 0 aliphatic heterocycles. The highest BCUT2D eigenvalue weighted by Crippen LogP contribution is 2.33. The van der Waals surface area contributed by atoms with Crippen LogP contribution >= 0.6 is 0 Å². The van der Waals surface area contributed by atoms with Crippen LogP contribution in [0.3, 0.4) is 0 Å². The van der Waals surface area contributed by atoms with Crippen LogP contribution in [-0.4, -0.2) is 35.2 Å². The average Bonchev–Trinajstić information content (AvgIpc) is 2.32. The zero-order valence-corrected chi connectivity index (χ0v) is 13.7. The summed E-state index contributed by atoms with van der Waals surface area (Å²) in [6, 6.07) is 0.584. The predicted octanol–water partition coefficient (Wildman–Crippen LogP) is 3.93. The van der Waals surface area contributed by atoms with Crippen molar-refractivity contribution < 1.29 is 5.11 Å². The lowest BCUT2D eigenvalue weighted by molar-refractivity contribution is 0.0176. The Morgan fingerprint density at radius 1 is 1.16 bits per heavy atom. The van der Waals surface area contributed by atoms with Crippen LogP contribution in [0, 0.1) is 17.8 Å². The Hall–Kier alpha value is -0.0800. The molecule has 0 aromatic rings. The Balaban J connectivity index is 2.54. The van der Waals surface area contributed by atoms with E-state index in [9.17, 15) is 5.11 Å². The third-order valence-corrected chi connectivity index (χ3v) is 4.55. The van der Waals surface area contributed by atoms with Gasteiger partial charge in [-0.05, 0) is 50.9 Å². The van der Waals surface area contributed by atoms with Gasteiger partial charge in [-0.1, -0.05) is 33.6 Å². The number of rotatable bonds is 7. The number of hydrogen-bond donors (Lipinski definition) is 1. The van der Waals surface area contributed by atoms with Gasteiger partial charge in [0.05, 0.1) is 6.10 Å². The van der Waals surface area contributed by atoms with Crippen LogP contribution < -0.4 is 0 Å². The zero-order valence-electron chi connectivity index (χ0n) is 13.7. The van der Waals surface area contributed by atoms with Crippen molar-refractivity contribution in [2.75, 3.05) is 13.1 Å². The molecule has 1 saturated carbocycles. The maximum absolute atomic E-state index is 10.3. The molecule has 1 aliphatic rings. The highest BCUT2D eigenvalue weighted by molar-refractivity contribution is 4.83. The van der Waals surface area contributed by atoms with Crippen LogP contribution in [-0.2, 0) is 0 Å². The fraction of sp³-hybridized carbons (Fsp3) is 1.00. The molecule has 1 aliphatic carbocycles. The lowest BCUT2D eigenvalue weighted by atomic mass is 9.77. The predicted molar refractivity (Wildman–Crippen MR) is 83.3 cm³/mol. The van der Waals surface area contributed by atoms with Crippen LogP contribution in [0.1, 0.15) is 66.7 Å². The first kappa shape index (κ1) is 17.0. The Morgan fingerprint density at radius 2 is 1.84 bits per heavy atom. The minimum Gasteiger partial charge on any atom is -0.393 e. The van der Waals surface area contributed by atoms with Gasteiger partial charge in [-0.15, -0.1) is 0 Å². The van der Waals surface area contributed by atoms with Gasteiger partial charge in [0, 0.05) is 19.1 Å². The van der Waals surface area contributed by atoms with Crippen molar-refractivity contribution in [1.29, 1.82) is 0 Å². The summed E-state index contributed by atoms with van der Waals surface area (Å²) in [4.78, 5) is 2.56. The van der Waals surface area contributed by atoms with Crippen LogP contribution in [0.4, 0.5) is 0 Å². The maximum Gasteiger partial charge on any atom is 0.0580 e. The van der Waals surface area contributed by atoms with E-state index < -0.39 is 0 Å². The number of aliphatic hydroxyl groups excluding tert-OH is 1. The Labute approximate surface area is 120 Å². The minimum absolute atomic E-state index is 0.0680. The lowest BCUT2D eigenvalue weighted by Crippen LogP contribution is -2.43. The fourth-order valence-electron chi connectivity index (χ4n) is 3.48. The summed E-state index contributed by atoms with van der Waals surface area (Å²) in [5, 5.41) is 10.3. The van der Waals surface area contributed by atoms with E-state index in [1.54, 1.807) is 0 Å². The van der Waals surface area contributed by atoms with Gasteiger partial charge in [0.25, 0.3) is 0 Å². The molecule has 1 rings (SSSR count). The summed E-state index contributed by atoms with van der Waals surface area (Å²) in [6.07, 6.45) is 6.04. The molecule has 0 heterocycles. The maximum atomic E-state index is 10.3. The second kappa shape index (κ2) is 8.26. The summed E-state index contributed by atoms with van der Waals surface area (Å²) >= 11 is 0. The lowest BCUT2D eigenvalue weighted by Gasteiger charge is -2.38. The summed E-state index contributed by atoms with van der Waals surface area (Å²) in [5.41, 5.74) is 0. The van der Waals surface area contributed by atoms with Gasteiger partial charge in [-0.25, -0.2) is 0 Å². The van der Waals surface area contributed by atoms with E-state index in [0.717, 1.165) is 25.4 Å². The molecule has 0 spiro atoms. The van der Waals surface area contributed by atoms with Crippen LogP contribution in [0.2, 0.25) is 0 Å². The van der Waals surface area contributed by atoms with Crippen LogP contribution in [0.5, 0.6) is 0 Å². The number of aliphatic hydroxyl groups is 1. The molecule has 3 atom stereocenters. The quantitative estimate of drug-likeness (QED) is 0.757. The second-order valence-corrected chi connectivity index (χ2v) is 7.24. The molecule has 2 nitrogen and oxygen atoms in total. The zero-order chi connectivity index (χ0) is 14.4. The molecule has 3 unspecified atom stereocenters. The fourth-order valence-corrected chi connectivity index (χ4v) is 3.48. The van der Waals surface area contributed by atoms with Crippen molar-refractivity contribution in [3.63, 3.8) is 0 Å². The van der Waals surface area contributed by atoms with E-state index in [4.69, 9.17) is 0 Å². The topological polar surface area (TPSA) is 23.5 Å². The van der Waals surface area contributed by atoms with Gasteiger partial charge in [0.2, 0.25) is 0 Å². The standard InChI is InChI=1S/C17H35NO/c1-6-7-15-8-9-17(19)16(10-15)12-18(14(4)5)11-13(2)3/h13-17,19H,6-12H2,1-5H3. The monoisotopic (exact) mass is 269 g/mol. The molecule has 0 aromatic heterocycles. The third kappa shape index (κ3) is 5.83. The molecule has 0 aromatic carbocycles. The normalized spacial score (nSPS) is 28.6. The van der Waals surface area contributed by atoms with Gasteiger partial charge in [-0.3, -0.25) is 0 Å². The minimum atomic E-state index is -0.0680. The van der Waals surface area contributed by atoms with Crippen LogP contribution in [0.15, 0.2) is 0 Å². The largest absolute Gasteiger partial charge is 0.393 e. The molecular weight excluding hydrogens is 234 g/mol. The van der Waals surface area contributed by atoms with Crippen molar-refractivity contribution in [2.24, 2.45) is 17.8 Å². The summed E-state index contributed by atoms with van der Waals surface area (Å²) in [7, 11) is 0. The first-order valence-electron chi connectivity index (χ1n) is 8.36. The third-order valence-electron chi connectivity index (χ3n) is 4.55. The molecule has 0 radical (unpaired) electrons. The van der Waals surface area contributed by atoms with Crippen molar-refractivity contribution in [2.45, 2.75) is 78.9 Å². The van der Waals surface area contributed by atoms with Crippen molar-refractivity contribution in [3.05, 3.63) is 0 Å². The van der Waals surface area contributed by atoms with Crippen molar-refractivity contribution >= 4 is 0 Å². The van der Waals surface area contributed by atoms with Gasteiger partial charge in [0.15, 0.2) is 0 Å². The van der Waals surface area contributed by atoms with Crippen LogP contribution in [0.25, 0.3) is 0 Å². The molecule has 1 N–H and O–H groups in total. The van der Waals surface area contributed by atoms with Crippen molar-refractivity contribution in [1.82, 2.24) is 4.90 Å². The molecule has 1 fully saturated rings. The van der Waals surface area contributed by atoms with E-state index in [1.165, 1.54) is 25.7 Å². The number of hydrogen-bond acceptors (Lipinski definition) is 2. The molecular formula is C17H35NO. The van der Waals surface area contributed by atoms with Gasteiger partial charge in [-0.2, -0.15) is 0 Å². The van der Waals surface area contributed by atoms with E-state index in [-0.39, 0.29) is 6.10 Å². The second-order valence-electron chi connectivity index (χ2n) is 7.24. The molecule has 2 heteroatoms. The van der Waals surface area contributed by atoms with Gasteiger partial charge >= 0.3 is 0 Å². The summed E-state index contributed by atoms with van der Waals surface area (Å²) in [5.74, 6) is 2.05. The average molecular weight is 269 g/mol.